The standard InChI is InChI=1S/C19H22ClN5O2/c1-12-9-13(16-15-4-6-25(2)17(15)24-19(20)23-16)10-22-18(12)27-8-7-26-14-3-5-21-11-14/h4,6,9-10,14,21H,3,5,7-8,11H2,1-2H3/t14-/m1/s1. The molecule has 142 valence electrons. The Morgan fingerprint density at radius 2 is 2.22 bits per heavy atom. The lowest BCUT2D eigenvalue weighted by molar-refractivity contribution is 0.0445. The van der Waals surface area contributed by atoms with Gasteiger partial charge in [0.2, 0.25) is 11.2 Å². The van der Waals surface area contributed by atoms with E-state index in [2.05, 4.69) is 20.3 Å². The van der Waals surface area contributed by atoms with Gasteiger partial charge < -0.3 is 19.4 Å². The average Bonchev–Trinajstić information content (AvgIpc) is 3.30. The molecular weight excluding hydrogens is 366 g/mol. The van der Waals surface area contributed by atoms with Gasteiger partial charge in [-0.15, -0.1) is 0 Å². The van der Waals surface area contributed by atoms with E-state index in [1.54, 1.807) is 6.20 Å². The van der Waals surface area contributed by atoms with Gasteiger partial charge in [-0.1, -0.05) is 0 Å². The topological polar surface area (TPSA) is 74.1 Å². The lowest BCUT2D eigenvalue weighted by Crippen LogP contribution is -2.20. The largest absolute Gasteiger partial charge is 0.475 e. The highest BCUT2D eigenvalue weighted by atomic mass is 35.5. The second kappa shape index (κ2) is 7.80. The van der Waals surface area contributed by atoms with Crippen molar-refractivity contribution in [2.75, 3.05) is 26.3 Å². The summed E-state index contributed by atoms with van der Waals surface area (Å²) in [5.41, 5.74) is 3.38. The number of pyridine rings is 1. The van der Waals surface area contributed by atoms with Gasteiger partial charge in [0.05, 0.1) is 18.4 Å². The number of hydrogen-bond acceptors (Lipinski definition) is 6. The van der Waals surface area contributed by atoms with Crippen LogP contribution in [0.25, 0.3) is 22.3 Å². The van der Waals surface area contributed by atoms with Crippen molar-refractivity contribution in [1.82, 2.24) is 24.8 Å². The van der Waals surface area contributed by atoms with E-state index < -0.39 is 0 Å². The summed E-state index contributed by atoms with van der Waals surface area (Å²) in [4.78, 5) is 13.2. The second-order valence-electron chi connectivity index (χ2n) is 6.69. The van der Waals surface area contributed by atoms with Crippen molar-refractivity contribution < 1.29 is 9.47 Å². The van der Waals surface area contributed by atoms with Crippen LogP contribution < -0.4 is 10.1 Å². The summed E-state index contributed by atoms with van der Waals surface area (Å²) in [5.74, 6) is 0.608. The van der Waals surface area contributed by atoms with E-state index in [9.17, 15) is 0 Å². The quantitative estimate of drug-likeness (QED) is 0.518. The van der Waals surface area contributed by atoms with Gasteiger partial charge in [-0.25, -0.2) is 9.97 Å². The zero-order chi connectivity index (χ0) is 18.8. The maximum Gasteiger partial charge on any atom is 0.224 e. The lowest BCUT2D eigenvalue weighted by Gasteiger charge is -2.12. The van der Waals surface area contributed by atoms with Gasteiger partial charge in [0.15, 0.2) is 0 Å². The van der Waals surface area contributed by atoms with Crippen molar-refractivity contribution in [2.24, 2.45) is 7.05 Å². The van der Waals surface area contributed by atoms with Crippen LogP contribution in [0.2, 0.25) is 5.28 Å². The Balaban J connectivity index is 1.48. The van der Waals surface area contributed by atoms with Crippen LogP contribution in [0.4, 0.5) is 0 Å². The molecule has 3 aromatic rings. The summed E-state index contributed by atoms with van der Waals surface area (Å²) < 4.78 is 13.5. The van der Waals surface area contributed by atoms with E-state index in [0.29, 0.717) is 25.2 Å². The van der Waals surface area contributed by atoms with Gasteiger partial charge in [-0.3, -0.25) is 0 Å². The number of nitrogens with zero attached hydrogens (tertiary/aromatic N) is 4. The summed E-state index contributed by atoms with van der Waals surface area (Å²) in [6.45, 7) is 4.95. The van der Waals surface area contributed by atoms with Crippen LogP contribution in [0.3, 0.4) is 0 Å². The fraction of sp³-hybridized carbons (Fsp3) is 0.421. The van der Waals surface area contributed by atoms with Gasteiger partial charge in [0, 0.05) is 42.5 Å². The first kappa shape index (κ1) is 18.2. The molecule has 1 aliphatic heterocycles. The van der Waals surface area contributed by atoms with E-state index in [-0.39, 0.29) is 5.28 Å². The minimum Gasteiger partial charge on any atom is -0.475 e. The summed E-state index contributed by atoms with van der Waals surface area (Å²) in [6, 6.07) is 3.99. The normalized spacial score (nSPS) is 16.9. The predicted molar refractivity (Wildman–Crippen MR) is 104 cm³/mol. The molecule has 0 saturated carbocycles. The van der Waals surface area contributed by atoms with E-state index in [1.807, 2.05) is 36.9 Å². The third-order valence-corrected chi connectivity index (χ3v) is 4.86. The molecule has 0 spiro atoms. The number of nitrogens with one attached hydrogen (secondary N) is 1. The van der Waals surface area contributed by atoms with Crippen LogP contribution in [0.5, 0.6) is 5.88 Å². The fourth-order valence-corrected chi connectivity index (χ4v) is 3.46. The highest BCUT2D eigenvalue weighted by Gasteiger charge is 2.15. The maximum absolute atomic E-state index is 6.11. The van der Waals surface area contributed by atoms with E-state index in [0.717, 1.165) is 47.4 Å². The predicted octanol–water partition coefficient (Wildman–Crippen LogP) is 2.75. The van der Waals surface area contributed by atoms with Crippen molar-refractivity contribution in [3.63, 3.8) is 0 Å². The first-order valence-corrected chi connectivity index (χ1v) is 9.40. The first-order valence-electron chi connectivity index (χ1n) is 9.02. The summed E-state index contributed by atoms with van der Waals surface area (Å²) in [6.07, 6.45) is 5.05. The molecule has 27 heavy (non-hydrogen) atoms. The van der Waals surface area contributed by atoms with Crippen molar-refractivity contribution in [3.05, 3.63) is 35.4 Å². The second-order valence-corrected chi connectivity index (χ2v) is 7.02. The third kappa shape index (κ3) is 3.90. The molecule has 1 aliphatic rings. The number of fused-ring (bicyclic) bond motifs is 1. The molecule has 1 N–H and O–H groups in total. The monoisotopic (exact) mass is 387 g/mol. The van der Waals surface area contributed by atoms with Crippen LogP contribution in [0.1, 0.15) is 12.0 Å². The number of ether oxygens (including phenoxy) is 2. The molecule has 4 heterocycles. The molecule has 7 nitrogen and oxygen atoms in total. The molecule has 0 unspecified atom stereocenters. The highest BCUT2D eigenvalue weighted by molar-refractivity contribution is 6.28. The Kier molecular flexibility index (Phi) is 5.24. The maximum atomic E-state index is 6.11. The van der Waals surface area contributed by atoms with Gasteiger partial charge in [0.25, 0.3) is 0 Å². The highest BCUT2D eigenvalue weighted by Crippen LogP contribution is 2.29. The van der Waals surface area contributed by atoms with Crippen LogP contribution >= 0.6 is 11.6 Å². The molecule has 1 fully saturated rings. The molecule has 0 aliphatic carbocycles. The molecular formula is C19H22ClN5O2. The number of rotatable bonds is 6. The van der Waals surface area contributed by atoms with E-state index in [4.69, 9.17) is 21.1 Å². The van der Waals surface area contributed by atoms with E-state index >= 15 is 0 Å². The van der Waals surface area contributed by atoms with Crippen molar-refractivity contribution in [1.29, 1.82) is 0 Å². The zero-order valence-electron chi connectivity index (χ0n) is 15.4. The summed E-state index contributed by atoms with van der Waals surface area (Å²) >= 11 is 6.11. The Morgan fingerprint density at radius 3 is 3.00 bits per heavy atom. The van der Waals surface area contributed by atoms with Crippen LogP contribution in [0, 0.1) is 6.92 Å². The number of aryl methyl sites for hydroxylation is 2. The van der Waals surface area contributed by atoms with Crippen molar-refractivity contribution in [3.8, 4) is 17.1 Å². The average molecular weight is 388 g/mol. The van der Waals surface area contributed by atoms with Crippen LogP contribution in [-0.4, -0.2) is 51.9 Å². The van der Waals surface area contributed by atoms with Gasteiger partial charge in [0.1, 0.15) is 12.3 Å². The lowest BCUT2D eigenvalue weighted by atomic mass is 10.1. The Hall–Kier alpha value is -2.22. The zero-order valence-corrected chi connectivity index (χ0v) is 16.2. The molecule has 0 bridgehead atoms. The number of hydrogen-bond donors (Lipinski definition) is 1. The smallest absolute Gasteiger partial charge is 0.224 e. The van der Waals surface area contributed by atoms with Gasteiger partial charge in [-0.05, 0) is 43.6 Å². The molecule has 1 saturated heterocycles. The number of aromatic nitrogens is 4. The minimum absolute atomic E-state index is 0.218. The summed E-state index contributed by atoms with van der Waals surface area (Å²) in [7, 11) is 1.93. The van der Waals surface area contributed by atoms with Gasteiger partial charge in [-0.2, -0.15) is 4.98 Å². The molecule has 4 rings (SSSR count). The van der Waals surface area contributed by atoms with Gasteiger partial charge >= 0.3 is 0 Å². The number of halogens is 1. The molecule has 1 atom stereocenters. The Labute approximate surface area is 162 Å². The van der Waals surface area contributed by atoms with Crippen LogP contribution in [0.15, 0.2) is 24.5 Å². The third-order valence-electron chi connectivity index (χ3n) is 4.69. The molecule has 0 radical (unpaired) electrons. The van der Waals surface area contributed by atoms with Crippen molar-refractivity contribution >= 4 is 22.6 Å². The molecule has 3 aromatic heterocycles. The molecule has 0 aromatic carbocycles. The first-order chi connectivity index (χ1) is 13.1. The van der Waals surface area contributed by atoms with Crippen LogP contribution in [-0.2, 0) is 11.8 Å². The van der Waals surface area contributed by atoms with Crippen molar-refractivity contribution in [2.45, 2.75) is 19.4 Å². The minimum atomic E-state index is 0.218. The molecule has 8 heteroatoms. The Bertz CT molecular complexity index is 953. The Morgan fingerprint density at radius 1 is 1.33 bits per heavy atom. The van der Waals surface area contributed by atoms with E-state index in [1.165, 1.54) is 0 Å². The summed E-state index contributed by atoms with van der Waals surface area (Å²) in [5, 5.41) is 4.44. The molecule has 0 amide bonds. The SMILES string of the molecule is Cc1cc(-c2nc(Cl)nc3c2ccn3C)cnc1OCCO[C@@H]1CCNC1. The fourth-order valence-electron chi connectivity index (χ4n) is 3.30.